The fraction of sp³-hybridized carbons (Fsp3) is 0.412. The minimum Gasteiger partial charge on any atom is -0.496 e. The maximum absolute atomic E-state index is 5.87. The van der Waals surface area contributed by atoms with E-state index in [1.807, 2.05) is 19.9 Å². The number of rotatable bonds is 9. The predicted octanol–water partition coefficient (Wildman–Crippen LogP) is 4.13. The molecule has 0 spiro atoms. The van der Waals surface area contributed by atoms with Crippen LogP contribution in [0.3, 0.4) is 0 Å². The zero-order valence-corrected chi connectivity index (χ0v) is 12.0. The maximum atomic E-state index is 5.87. The van der Waals surface area contributed by atoms with E-state index in [4.69, 9.17) is 9.47 Å². The van der Waals surface area contributed by atoms with Crippen LogP contribution in [0.5, 0.6) is 0 Å². The van der Waals surface area contributed by atoms with E-state index in [1.165, 1.54) is 5.56 Å². The quantitative estimate of drug-likeness (QED) is 0.491. The Morgan fingerprint density at radius 2 is 2.00 bits per heavy atom. The van der Waals surface area contributed by atoms with Gasteiger partial charge >= 0.3 is 0 Å². The van der Waals surface area contributed by atoms with Crippen LogP contribution >= 0.6 is 0 Å². The molecule has 0 aliphatic carbocycles. The highest BCUT2D eigenvalue weighted by molar-refractivity contribution is 5.16. The molecule has 0 bridgehead atoms. The van der Waals surface area contributed by atoms with Crippen molar-refractivity contribution in [2.75, 3.05) is 13.2 Å². The molecule has 0 aliphatic rings. The van der Waals surface area contributed by atoms with Crippen LogP contribution in [0, 0.1) is 0 Å². The van der Waals surface area contributed by atoms with Crippen LogP contribution < -0.4 is 0 Å². The second-order valence-corrected chi connectivity index (χ2v) is 4.67. The molecule has 1 aromatic rings. The van der Waals surface area contributed by atoms with Crippen molar-refractivity contribution < 1.29 is 9.47 Å². The van der Waals surface area contributed by atoms with E-state index in [1.54, 1.807) is 6.08 Å². The normalized spacial score (nSPS) is 13.6. The van der Waals surface area contributed by atoms with Gasteiger partial charge in [-0.2, -0.15) is 0 Å². The summed E-state index contributed by atoms with van der Waals surface area (Å²) < 4.78 is 11.4. The Hall–Kier alpha value is -1.54. The van der Waals surface area contributed by atoms with E-state index in [0.29, 0.717) is 19.0 Å². The lowest BCUT2D eigenvalue weighted by Crippen LogP contribution is -2.33. The number of hydrogen-bond donors (Lipinski definition) is 0. The van der Waals surface area contributed by atoms with Crippen LogP contribution in [0.25, 0.3) is 0 Å². The largest absolute Gasteiger partial charge is 0.496 e. The van der Waals surface area contributed by atoms with E-state index >= 15 is 0 Å². The van der Waals surface area contributed by atoms with Gasteiger partial charge in [0, 0.05) is 0 Å². The molecule has 19 heavy (non-hydrogen) atoms. The third-order valence-electron chi connectivity index (χ3n) is 3.16. The van der Waals surface area contributed by atoms with Crippen molar-refractivity contribution in [3.05, 3.63) is 60.9 Å². The first-order valence-electron chi connectivity index (χ1n) is 6.73. The molecule has 0 saturated heterocycles. The van der Waals surface area contributed by atoms with Crippen molar-refractivity contribution >= 4 is 0 Å². The Morgan fingerprint density at radius 1 is 1.32 bits per heavy atom. The standard InChI is InChI=1S/C17H24O2/c1-5-14-19-17(4,15(3)18-6-2)13-12-16-10-8-7-9-11-16/h5,7-11H,1,3,6,12-14H2,2,4H3. The molecule has 1 aromatic carbocycles. The average Bonchev–Trinajstić information content (AvgIpc) is 2.44. The molecule has 2 nitrogen and oxygen atoms in total. The summed E-state index contributed by atoms with van der Waals surface area (Å²) in [5, 5.41) is 0. The summed E-state index contributed by atoms with van der Waals surface area (Å²) in [6.07, 6.45) is 3.52. The van der Waals surface area contributed by atoms with Crippen LogP contribution in [-0.2, 0) is 15.9 Å². The molecule has 1 atom stereocenters. The molecule has 0 amide bonds. The molecule has 1 rings (SSSR count). The number of ether oxygens (including phenoxy) is 2. The van der Waals surface area contributed by atoms with Crippen LogP contribution in [0.2, 0.25) is 0 Å². The first-order chi connectivity index (χ1) is 9.12. The molecule has 0 radical (unpaired) electrons. The summed E-state index contributed by atoms with van der Waals surface area (Å²) >= 11 is 0. The van der Waals surface area contributed by atoms with E-state index < -0.39 is 5.60 Å². The Labute approximate surface area is 116 Å². The van der Waals surface area contributed by atoms with Crippen molar-refractivity contribution in [3.63, 3.8) is 0 Å². The van der Waals surface area contributed by atoms with Crippen molar-refractivity contribution in [3.8, 4) is 0 Å². The molecular weight excluding hydrogens is 236 g/mol. The zero-order chi connectivity index (χ0) is 14.1. The molecule has 0 aromatic heterocycles. The molecule has 0 N–H and O–H groups in total. The first-order valence-corrected chi connectivity index (χ1v) is 6.73. The van der Waals surface area contributed by atoms with Crippen molar-refractivity contribution in [2.45, 2.75) is 32.3 Å². The fourth-order valence-corrected chi connectivity index (χ4v) is 1.89. The third-order valence-corrected chi connectivity index (χ3v) is 3.16. The van der Waals surface area contributed by atoms with Gasteiger partial charge in [0.25, 0.3) is 0 Å². The van der Waals surface area contributed by atoms with Crippen LogP contribution in [0.1, 0.15) is 25.8 Å². The lowest BCUT2D eigenvalue weighted by Gasteiger charge is -2.31. The summed E-state index contributed by atoms with van der Waals surface area (Å²) in [4.78, 5) is 0. The second-order valence-electron chi connectivity index (χ2n) is 4.67. The van der Waals surface area contributed by atoms with Gasteiger partial charge in [-0.3, -0.25) is 0 Å². The molecular formula is C17H24O2. The zero-order valence-electron chi connectivity index (χ0n) is 12.0. The van der Waals surface area contributed by atoms with E-state index in [2.05, 4.69) is 37.4 Å². The van der Waals surface area contributed by atoms with E-state index in [0.717, 1.165) is 12.8 Å². The maximum Gasteiger partial charge on any atom is 0.122 e. The van der Waals surface area contributed by atoms with Gasteiger partial charge in [0.15, 0.2) is 0 Å². The Kier molecular flexibility index (Phi) is 6.37. The van der Waals surface area contributed by atoms with Crippen LogP contribution in [0.15, 0.2) is 55.3 Å². The predicted molar refractivity (Wildman–Crippen MR) is 80.1 cm³/mol. The van der Waals surface area contributed by atoms with Crippen molar-refractivity contribution in [2.24, 2.45) is 0 Å². The van der Waals surface area contributed by atoms with Gasteiger partial charge in [-0.1, -0.05) is 43.0 Å². The SMILES string of the molecule is C=CCOC(C)(CCc1ccccc1)C(=C)OCC. The fourth-order valence-electron chi connectivity index (χ4n) is 1.89. The molecule has 1 unspecified atom stereocenters. The van der Waals surface area contributed by atoms with Gasteiger partial charge in [-0.25, -0.2) is 0 Å². The minimum absolute atomic E-state index is 0.472. The van der Waals surface area contributed by atoms with Gasteiger partial charge < -0.3 is 9.47 Å². The van der Waals surface area contributed by atoms with Gasteiger partial charge in [-0.05, 0) is 32.3 Å². The lowest BCUT2D eigenvalue weighted by atomic mass is 9.95. The Balaban J connectivity index is 2.68. The molecule has 0 aliphatic heterocycles. The molecule has 0 fully saturated rings. The van der Waals surface area contributed by atoms with Crippen molar-refractivity contribution in [1.29, 1.82) is 0 Å². The van der Waals surface area contributed by atoms with Gasteiger partial charge in [-0.15, -0.1) is 6.58 Å². The van der Waals surface area contributed by atoms with Crippen molar-refractivity contribution in [1.82, 2.24) is 0 Å². The minimum atomic E-state index is -0.472. The highest BCUT2D eigenvalue weighted by Gasteiger charge is 2.29. The van der Waals surface area contributed by atoms with Crippen LogP contribution in [-0.4, -0.2) is 18.8 Å². The summed E-state index contributed by atoms with van der Waals surface area (Å²) in [5.41, 5.74) is 0.820. The first kappa shape index (κ1) is 15.5. The van der Waals surface area contributed by atoms with Gasteiger partial charge in [0.05, 0.1) is 13.2 Å². The summed E-state index contributed by atoms with van der Waals surface area (Å²) in [6, 6.07) is 10.4. The molecule has 104 valence electrons. The monoisotopic (exact) mass is 260 g/mol. The number of benzene rings is 1. The summed E-state index contributed by atoms with van der Waals surface area (Å²) in [6.45, 7) is 12.8. The molecule has 0 saturated carbocycles. The smallest absolute Gasteiger partial charge is 0.122 e. The molecule has 2 heteroatoms. The number of aryl methyl sites for hydroxylation is 1. The average molecular weight is 260 g/mol. The van der Waals surface area contributed by atoms with Gasteiger partial charge in [0.1, 0.15) is 11.4 Å². The van der Waals surface area contributed by atoms with Crippen LogP contribution in [0.4, 0.5) is 0 Å². The highest BCUT2D eigenvalue weighted by atomic mass is 16.5. The highest BCUT2D eigenvalue weighted by Crippen LogP contribution is 2.27. The van der Waals surface area contributed by atoms with E-state index in [-0.39, 0.29) is 0 Å². The molecule has 0 heterocycles. The topological polar surface area (TPSA) is 18.5 Å². The Bertz CT molecular complexity index is 397. The number of hydrogen-bond acceptors (Lipinski definition) is 2. The van der Waals surface area contributed by atoms with Gasteiger partial charge in [0.2, 0.25) is 0 Å². The third kappa shape index (κ3) is 4.92. The lowest BCUT2D eigenvalue weighted by molar-refractivity contribution is -0.0346. The Morgan fingerprint density at radius 3 is 2.58 bits per heavy atom. The van der Waals surface area contributed by atoms with E-state index in [9.17, 15) is 0 Å². The summed E-state index contributed by atoms with van der Waals surface area (Å²) in [7, 11) is 0. The summed E-state index contributed by atoms with van der Waals surface area (Å²) in [5.74, 6) is 0.688. The second kappa shape index (κ2) is 7.80.